The molecule has 0 amide bonds. The lowest BCUT2D eigenvalue weighted by Gasteiger charge is -2.07. The van der Waals surface area contributed by atoms with Crippen molar-refractivity contribution in [3.8, 4) is 5.75 Å². The van der Waals surface area contributed by atoms with E-state index < -0.39 is 0 Å². The first-order valence-electron chi connectivity index (χ1n) is 5.32. The Bertz CT molecular complexity index is 369. The fraction of sp³-hybridized carbons (Fsp3) is 0.286. The summed E-state index contributed by atoms with van der Waals surface area (Å²) in [7, 11) is 1.68. The van der Waals surface area contributed by atoms with Crippen LogP contribution in [0.4, 0.5) is 0 Å². The van der Waals surface area contributed by atoms with Gasteiger partial charge in [-0.2, -0.15) is 0 Å². The average molecular weight is 237 g/mol. The summed E-state index contributed by atoms with van der Waals surface area (Å²) in [6, 6.07) is 6.05. The van der Waals surface area contributed by atoms with Crippen LogP contribution < -0.4 is 4.74 Å². The van der Waals surface area contributed by atoms with E-state index in [4.69, 9.17) is 16.3 Å². The maximum absolute atomic E-state index is 5.57. The van der Waals surface area contributed by atoms with E-state index in [1.165, 1.54) is 11.1 Å². The molecule has 0 saturated heterocycles. The molecule has 16 heavy (non-hydrogen) atoms. The van der Waals surface area contributed by atoms with Crippen molar-refractivity contribution in [3.63, 3.8) is 0 Å². The second-order valence-corrected chi connectivity index (χ2v) is 3.74. The molecule has 0 spiro atoms. The highest BCUT2D eigenvalue weighted by molar-refractivity contribution is 6.18. The van der Waals surface area contributed by atoms with Crippen molar-refractivity contribution in [2.24, 2.45) is 0 Å². The Morgan fingerprint density at radius 1 is 1.38 bits per heavy atom. The zero-order valence-corrected chi connectivity index (χ0v) is 10.3. The molecule has 0 heterocycles. The first kappa shape index (κ1) is 12.9. The Labute approximate surface area is 102 Å². The van der Waals surface area contributed by atoms with E-state index in [1.807, 2.05) is 24.3 Å². The van der Waals surface area contributed by atoms with E-state index in [0.717, 1.165) is 18.6 Å². The van der Waals surface area contributed by atoms with Crippen LogP contribution >= 0.6 is 11.6 Å². The Morgan fingerprint density at radius 2 is 2.19 bits per heavy atom. The summed E-state index contributed by atoms with van der Waals surface area (Å²) in [4.78, 5) is 0. The van der Waals surface area contributed by atoms with Crippen molar-refractivity contribution in [3.05, 3.63) is 48.1 Å². The van der Waals surface area contributed by atoms with Crippen LogP contribution in [0.3, 0.4) is 0 Å². The van der Waals surface area contributed by atoms with E-state index in [0.29, 0.717) is 5.88 Å². The molecule has 0 fully saturated rings. The van der Waals surface area contributed by atoms with Gasteiger partial charge >= 0.3 is 0 Å². The van der Waals surface area contributed by atoms with Gasteiger partial charge in [0.2, 0.25) is 0 Å². The van der Waals surface area contributed by atoms with Gasteiger partial charge in [0.05, 0.1) is 7.11 Å². The molecule has 1 aromatic rings. The van der Waals surface area contributed by atoms with Gasteiger partial charge in [0.1, 0.15) is 5.75 Å². The van der Waals surface area contributed by atoms with Crippen LogP contribution in [0.15, 0.2) is 36.9 Å². The summed E-state index contributed by atoms with van der Waals surface area (Å²) < 4.78 is 5.21. The second kappa shape index (κ2) is 7.13. The van der Waals surface area contributed by atoms with Crippen LogP contribution in [-0.2, 0) is 6.42 Å². The predicted molar refractivity (Wildman–Crippen MR) is 71.3 cm³/mol. The molecule has 0 unspecified atom stereocenters. The summed E-state index contributed by atoms with van der Waals surface area (Å²) in [5.74, 6) is 1.47. The highest BCUT2D eigenvalue weighted by Gasteiger charge is 2.00. The van der Waals surface area contributed by atoms with Crippen LogP contribution in [0.5, 0.6) is 5.75 Å². The van der Waals surface area contributed by atoms with Gasteiger partial charge in [-0.15, -0.1) is 11.6 Å². The minimum Gasteiger partial charge on any atom is -0.497 e. The van der Waals surface area contributed by atoms with Crippen molar-refractivity contribution in [2.45, 2.75) is 12.8 Å². The average Bonchev–Trinajstić information content (AvgIpc) is 2.34. The Hall–Kier alpha value is -1.21. The zero-order chi connectivity index (χ0) is 11.8. The number of aryl methyl sites for hydroxylation is 1. The first-order chi connectivity index (χ1) is 7.81. The normalized spacial score (nSPS) is 10.6. The van der Waals surface area contributed by atoms with Crippen LogP contribution in [0.25, 0.3) is 6.08 Å². The number of benzene rings is 1. The molecule has 0 saturated carbocycles. The summed E-state index contributed by atoms with van der Waals surface area (Å²) in [6.07, 6.45) is 7.90. The molecule has 1 rings (SSSR count). The van der Waals surface area contributed by atoms with Crippen molar-refractivity contribution in [1.29, 1.82) is 0 Å². The Kier molecular flexibility index (Phi) is 5.73. The molecule has 86 valence electrons. The van der Waals surface area contributed by atoms with Gasteiger partial charge in [0, 0.05) is 5.88 Å². The number of ether oxygens (including phenoxy) is 1. The first-order valence-corrected chi connectivity index (χ1v) is 5.85. The third kappa shape index (κ3) is 3.74. The second-order valence-electron chi connectivity index (χ2n) is 3.43. The molecule has 0 aromatic heterocycles. The maximum Gasteiger partial charge on any atom is 0.119 e. The van der Waals surface area contributed by atoms with Gasteiger partial charge in [-0.25, -0.2) is 0 Å². The van der Waals surface area contributed by atoms with E-state index in [2.05, 4.69) is 18.7 Å². The standard InChI is InChI=1S/C14H17ClO/c1-3-12-8-9-14(16-2)11-13(12)7-5-4-6-10-15/h3-4,6,8-9,11H,1,5,7,10H2,2H3/b6-4+. The molecule has 1 nitrogen and oxygen atoms in total. The number of allylic oxidation sites excluding steroid dienone is 2. The summed E-state index contributed by atoms with van der Waals surface area (Å²) >= 11 is 5.57. The van der Waals surface area contributed by atoms with E-state index in [9.17, 15) is 0 Å². The molecule has 1 aromatic carbocycles. The highest BCUT2D eigenvalue weighted by atomic mass is 35.5. The molecule has 0 radical (unpaired) electrons. The largest absolute Gasteiger partial charge is 0.497 e. The van der Waals surface area contributed by atoms with Gasteiger partial charge in [-0.3, -0.25) is 0 Å². The molecule has 0 aliphatic rings. The monoisotopic (exact) mass is 236 g/mol. The molecule has 0 aliphatic heterocycles. The number of methoxy groups -OCH3 is 1. The molecule has 2 heteroatoms. The quantitative estimate of drug-likeness (QED) is 0.535. The van der Waals surface area contributed by atoms with Gasteiger partial charge in [-0.1, -0.05) is 30.9 Å². The van der Waals surface area contributed by atoms with Gasteiger partial charge in [0.25, 0.3) is 0 Å². The molecule has 0 aliphatic carbocycles. The van der Waals surface area contributed by atoms with Crippen molar-refractivity contribution >= 4 is 17.7 Å². The van der Waals surface area contributed by atoms with E-state index >= 15 is 0 Å². The third-order valence-electron chi connectivity index (χ3n) is 2.41. The number of alkyl halides is 1. The van der Waals surface area contributed by atoms with Gasteiger partial charge in [-0.05, 0) is 36.1 Å². The topological polar surface area (TPSA) is 9.23 Å². The molecule has 0 atom stereocenters. The number of hydrogen-bond donors (Lipinski definition) is 0. The van der Waals surface area contributed by atoms with Crippen LogP contribution in [0.2, 0.25) is 0 Å². The van der Waals surface area contributed by atoms with Gasteiger partial charge in [0.15, 0.2) is 0 Å². The zero-order valence-electron chi connectivity index (χ0n) is 9.58. The minimum atomic E-state index is 0.576. The Balaban J connectivity index is 2.75. The third-order valence-corrected chi connectivity index (χ3v) is 2.58. The van der Waals surface area contributed by atoms with Crippen LogP contribution in [-0.4, -0.2) is 13.0 Å². The molecular weight excluding hydrogens is 220 g/mol. The van der Waals surface area contributed by atoms with Gasteiger partial charge < -0.3 is 4.74 Å². The summed E-state index contributed by atoms with van der Waals surface area (Å²) in [5, 5.41) is 0. The fourth-order valence-corrected chi connectivity index (χ4v) is 1.67. The van der Waals surface area contributed by atoms with Crippen LogP contribution in [0, 0.1) is 0 Å². The maximum atomic E-state index is 5.57. The highest BCUT2D eigenvalue weighted by Crippen LogP contribution is 2.20. The van der Waals surface area contributed by atoms with Crippen molar-refractivity contribution in [1.82, 2.24) is 0 Å². The Morgan fingerprint density at radius 3 is 2.81 bits per heavy atom. The molecule has 0 N–H and O–H groups in total. The number of rotatable bonds is 6. The molecular formula is C14H17ClO. The lowest BCUT2D eigenvalue weighted by atomic mass is 10.0. The number of halogens is 1. The lowest BCUT2D eigenvalue weighted by molar-refractivity contribution is 0.414. The predicted octanol–water partition coefficient (Wildman–Crippen LogP) is 4.07. The van der Waals surface area contributed by atoms with Crippen LogP contribution in [0.1, 0.15) is 17.5 Å². The van der Waals surface area contributed by atoms with E-state index in [-0.39, 0.29) is 0 Å². The van der Waals surface area contributed by atoms with Crippen molar-refractivity contribution in [2.75, 3.05) is 13.0 Å². The smallest absolute Gasteiger partial charge is 0.119 e. The minimum absolute atomic E-state index is 0.576. The fourth-order valence-electron chi connectivity index (χ4n) is 1.54. The molecule has 0 bridgehead atoms. The SMILES string of the molecule is C=Cc1ccc(OC)cc1CC/C=C/CCl. The summed E-state index contributed by atoms with van der Waals surface area (Å²) in [6.45, 7) is 3.81. The van der Waals surface area contributed by atoms with Crippen molar-refractivity contribution < 1.29 is 4.74 Å². The lowest BCUT2D eigenvalue weighted by Crippen LogP contribution is -1.91. The number of hydrogen-bond acceptors (Lipinski definition) is 1. The van der Waals surface area contributed by atoms with E-state index in [1.54, 1.807) is 7.11 Å². The summed E-state index contributed by atoms with van der Waals surface area (Å²) in [5.41, 5.74) is 2.42.